The summed E-state index contributed by atoms with van der Waals surface area (Å²) in [7, 11) is 3.14. The molecule has 0 bridgehead atoms. The van der Waals surface area contributed by atoms with E-state index in [1.807, 2.05) is 44.2 Å². The summed E-state index contributed by atoms with van der Waals surface area (Å²) in [4.78, 5) is 12.0. The molecule has 0 aliphatic heterocycles. The van der Waals surface area contributed by atoms with Gasteiger partial charge in [-0.15, -0.1) is 0 Å². The number of benzene rings is 2. The van der Waals surface area contributed by atoms with Gasteiger partial charge in [0.1, 0.15) is 24.1 Å². The van der Waals surface area contributed by atoms with E-state index in [1.54, 1.807) is 32.4 Å². The lowest BCUT2D eigenvalue weighted by Crippen LogP contribution is -2.34. The number of hydrogen-bond donors (Lipinski definition) is 1. The zero-order chi connectivity index (χ0) is 18.7. The number of nitrogens with two attached hydrogens (primary N) is 1. The van der Waals surface area contributed by atoms with Gasteiger partial charge in [0.05, 0.1) is 14.2 Å². The first-order valence-corrected chi connectivity index (χ1v) is 8.31. The number of esters is 1. The van der Waals surface area contributed by atoms with Gasteiger partial charge in [-0.2, -0.15) is 0 Å². The van der Waals surface area contributed by atoms with Crippen LogP contribution in [-0.4, -0.2) is 26.2 Å². The molecule has 0 amide bonds. The fourth-order valence-corrected chi connectivity index (χ4v) is 2.18. The second kappa shape index (κ2) is 11.1. The topological polar surface area (TPSA) is 70.8 Å². The Morgan fingerprint density at radius 1 is 1.04 bits per heavy atom. The smallest absolute Gasteiger partial charge is 0.323 e. The van der Waals surface area contributed by atoms with Crippen molar-refractivity contribution in [1.29, 1.82) is 0 Å². The number of carbonyl (C=O) groups is 1. The maximum Gasteiger partial charge on any atom is 0.323 e. The van der Waals surface area contributed by atoms with E-state index >= 15 is 0 Å². The highest BCUT2D eigenvalue weighted by molar-refractivity contribution is 5.76. The van der Waals surface area contributed by atoms with Gasteiger partial charge < -0.3 is 19.9 Å². The summed E-state index contributed by atoms with van der Waals surface area (Å²) in [5, 5.41) is 0. The van der Waals surface area contributed by atoms with Gasteiger partial charge in [-0.05, 0) is 24.1 Å². The lowest BCUT2D eigenvalue weighted by molar-refractivity contribution is -0.146. The predicted molar refractivity (Wildman–Crippen MR) is 98.8 cm³/mol. The largest absolute Gasteiger partial charge is 0.497 e. The molecule has 2 aromatic rings. The molecule has 25 heavy (non-hydrogen) atoms. The molecule has 2 N–H and O–H groups in total. The molecule has 2 aromatic carbocycles. The maximum atomic E-state index is 12.0. The Labute approximate surface area is 149 Å². The van der Waals surface area contributed by atoms with Crippen LogP contribution < -0.4 is 15.2 Å². The minimum absolute atomic E-state index is 0.106. The Kier molecular flexibility index (Phi) is 9.11. The highest BCUT2D eigenvalue weighted by Crippen LogP contribution is 2.25. The molecule has 0 aliphatic rings. The molecular weight excluding hydrogens is 318 g/mol. The van der Waals surface area contributed by atoms with E-state index in [2.05, 4.69) is 0 Å². The summed E-state index contributed by atoms with van der Waals surface area (Å²) in [6, 6.07) is 14.2. The van der Waals surface area contributed by atoms with Crippen molar-refractivity contribution in [3.63, 3.8) is 0 Å². The molecule has 0 saturated carbocycles. The van der Waals surface area contributed by atoms with Crippen molar-refractivity contribution >= 4 is 5.97 Å². The molecule has 0 aliphatic carbocycles. The van der Waals surface area contributed by atoms with Crippen LogP contribution in [0, 0.1) is 0 Å². The first-order valence-electron chi connectivity index (χ1n) is 8.31. The number of rotatable bonds is 7. The van der Waals surface area contributed by atoms with E-state index < -0.39 is 12.0 Å². The lowest BCUT2D eigenvalue weighted by Gasteiger charge is -2.14. The van der Waals surface area contributed by atoms with Crippen molar-refractivity contribution < 1.29 is 19.0 Å². The third kappa shape index (κ3) is 6.47. The summed E-state index contributed by atoms with van der Waals surface area (Å²) in [5.41, 5.74) is 7.66. The van der Waals surface area contributed by atoms with Crippen molar-refractivity contribution in [3.05, 3.63) is 59.7 Å². The zero-order valence-corrected chi connectivity index (χ0v) is 15.3. The molecule has 136 valence electrons. The molecule has 1 atom stereocenters. The molecule has 0 aromatic heterocycles. The standard InChI is InChI=1S/C18H21NO4.C2H6/c1-21-15-9-8-14(17(11-15)22-2)12-23-18(20)16(19)10-13-6-4-3-5-7-13;1-2/h3-9,11,16H,10,12,19H2,1-2H3;1-2H3/t16-;/m0./s1. The van der Waals surface area contributed by atoms with Crippen LogP contribution in [0.3, 0.4) is 0 Å². The van der Waals surface area contributed by atoms with Gasteiger partial charge in [0.2, 0.25) is 0 Å². The monoisotopic (exact) mass is 345 g/mol. The first-order chi connectivity index (χ1) is 12.1. The van der Waals surface area contributed by atoms with Crippen LogP contribution in [0.5, 0.6) is 11.5 Å². The van der Waals surface area contributed by atoms with Gasteiger partial charge in [-0.3, -0.25) is 4.79 Å². The van der Waals surface area contributed by atoms with E-state index in [9.17, 15) is 4.79 Å². The van der Waals surface area contributed by atoms with Crippen molar-refractivity contribution in [2.45, 2.75) is 32.9 Å². The third-order valence-electron chi connectivity index (χ3n) is 3.47. The van der Waals surface area contributed by atoms with Crippen molar-refractivity contribution in [1.82, 2.24) is 0 Å². The number of carbonyl (C=O) groups excluding carboxylic acids is 1. The van der Waals surface area contributed by atoms with Crippen molar-refractivity contribution in [2.75, 3.05) is 14.2 Å². The van der Waals surface area contributed by atoms with Crippen LogP contribution in [0.25, 0.3) is 0 Å². The lowest BCUT2D eigenvalue weighted by atomic mass is 10.1. The van der Waals surface area contributed by atoms with Crippen LogP contribution >= 0.6 is 0 Å². The fourth-order valence-electron chi connectivity index (χ4n) is 2.18. The minimum atomic E-state index is -0.693. The zero-order valence-electron chi connectivity index (χ0n) is 15.3. The van der Waals surface area contributed by atoms with Crippen LogP contribution in [-0.2, 0) is 22.6 Å². The van der Waals surface area contributed by atoms with Crippen LogP contribution in [0.2, 0.25) is 0 Å². The van der Waals surface area contributed by atoms with Crippen LogP contribution in [0.4, 0.5) is 0 Å². The van der Waals surface area contributed by atoms with Crippen LogP contribution in [0.15, 0.2) is 48.5 Å². The Balaban J connectivity index is 0.00000151. The van der Waals surface area contributed by atoms with Gasteiger partial charge >= 0.3 is 5.97 Å². The van der Waals surface area contributed by atoms with Gasteiger partial charge in [0.15, 0.2) is 0 Å². The molecule has 5 nitrogen and oxygen atoms in total. The molecule has 0 radical (unpaired) electrons. The third-order valence-corrected chi connectivity index (χ3v) is 3.47. The van der Waals surface area contributed by atoms with E-state index in [-0.39, 0.29) is 6.61 Å². The van der Waals surface area contributed by atoms with Gasteiger partial charge in [-0.1, -0.05) is 44.2 Å². The average molecular weight is 345 g/mol. The molecule has 0 spiro atoms. The molecule has 2 rings (SSSR count). The van der Waals surface area contributed by atoms with Gasteiger partial charge in [0.25, 0.3) is 0 Å². The Bertz CT molecular complexity index is 643. The van der Waals surface area contributed by atoms with E-state index in [4.69, 9.17) is 19.9 Å². The second-order valence-electron chi connectivity index (χ2n) is 5.08. The summed E-state index contributed by atoms with van der Waals surface area (Å²) < 4.78 is 15.7. The summed E-state index contributed by atoms with van der Waals surface area (Å²) in [5.74, 6) is 0.846. The van der Waals surface area contributed by atoms with E-state index in [0.717, 1.165) is 11.1 Å². The number of ether oxygens (including phenoxy) is 3. The normalized spacial score (nSPS) is 10.9. The number of methoxy groups -OCH3 is 2. The SMILES string of the molecule is CC.COc1ccc(COC(=O)[C@@H](N)Cc2ccccc2)c(OC)c1. The van der Waals surface area contributed by atoms with E-state index in [0.29, 0.717) is 17.9 Å². The van der Waals surface area contributed by atoms with Crippen molar-refractivity contribution in [2.24, 2.45) is 5.73 Å². The minimum Gasteiger partial charge on any atom is -0.497 e. The summed E-state index contributed by atoms with van der Waals surface area (Å²) >= 11 is 0. The molecule has 0 heterocycles. The first kappa shape index (κ1) is 20.5. The molecule has 0 saturated heterocycles. The van der Waals surface area contributed by atoms with Gasteiger partial charge in [0, 0.05) is 11.6 Å². The second-order valence-corrected chi connectivity index (χ2v) is 5.08. The maximum absolute atomic E-state index is 12.0. The quantitative estimate of drug-likeness (QED) is 0.779. The fraction of sp³-hybridized carbons (Fsp3) is 0.350. The summed E-state index contributed by atoms with van der Waals surface area (Å²) in [6.07, 6.45) is 0.444. The summed E-state index contributed by atoms with van der Waals surface area (Å²) in [6.45, 7) is 4.11. The Morgan fingerprint density at radius 2 is 1.72 bits per heavy atom. The van der Waals surface area contributed by atoms with Crippen LogP contribution in [0.1, 0.15) is 25.0 Å². The Hall–Kier alpha value is -2.53. The predicted octanol–water partition coefficient (Wildman–Crippen LogP) is 3.34. The highest BCUT2D eigenvalue weighted by atomic mass is 16.5. The Morgan fingerprint density at radius 3 is 2.32 bits per heavy atom. The van der Waals surface area contributed by atoms with E-state index in [1.165, 1.54) is 0 Å². The molecule has 0 unspecified atom stereocenters. The highest BCUT2D eigenvalue weighted by Gasteiger charge is 2.16. The van der Waals surface area contributed by atoms with Gasteiger partial charge in [-0.25, -0.2) is 0 Å². The van der Waals surface area contributed by atoms with Crippen molar-refractivity contribution in [3.8, 4) is 11.5 Å². The number of hydrogen-bond acceptors (Lipinski definition) is 5. The molecule has 0 fully saturated rings. The average Bonchev–Trinajstić information content (AvgIpc) is 2.68. The molecular formula is C20H27NO4. The molecule has 5 heteroatoms.